The van der Waals surface area contributed by atoms with Gasteiger partial charge in [0.2, 0.25) is 0 Å². The molecule has 1 aliphatic carbocycles. The highest BCUT2D eigenvalue weighted by atomic mass is 16.5. The van der Waals surface area contributed by atoms with E-state index in [1.165, 1.54) is 42.4 Å². The SMILES string of the molecule is C[C@H](NCc1cccc(COC2CCCC2)c1)c1cnn(C)c1. The molecule has 0 bridgehead atoms. The average molecular weight is 313 g/mol. The van der Waals surface area contributed by atoms with Crippen molar-refractivity contribution in [3.05, 3.63) is 53.3 Å². The van der Waals surface area contributed by atoms with Crippen molar-refractivity contribution in [2.45, 2.75) is 57.9 Å². The molecule has 1 N–H and O–H groups in total. The molecule has 4 heteroatoms. The molecule has 0 unspecified atom stereocenters. The molecular weight excluding hydrogens is 286 g/mol. The lowest BCUT2D eigenvalue weighted by molar-refractivity contribution is 0.0456. The van der Waals surface area contributed by atoms with Crippen LogP contribution in [0.25, 0.3) is 0 Å². The quantitative estimate of drug-likeness (QED) is 0.846. The highest BCUT2D eigenvalue weighted by molar-refractivity contribution is 5.23. The highest BCUT2D eigenvalue weighted by Crippen LogP contribution is 2.22. The van der Waals surface area contributed by atoms with E-state index >= 15 is 0 Å². The third kappa shape index (κ3) is 4.66. The van der Waals surface area contributed by atoms with Gasteiger partial charge in [0, 0.05) is 31.4 Å². The minimum Gasteiger partial charge on any atom is -0.374 e. The van der Waals surface area contributed by atoms with Crippen LogP contribution in [0.4, 0.5) is 0 Å². The van der Waals surface area contributed by atoms with Crippen LogP contribution in [0.15, 0.2) is 36.7 Å². The first-order valence-electron chi connectivity index (χ1n) is 8.62. The first kappa shape index (κ1) is 16.2. The van der Waals surface area contributed by atoms with E-state index < -0.39 is 0 Å². The number of nitrogens with one attached hydrogen (secondary N) is 1. The maximum Gasteiger partial charge on any atom is 0.0720 e. The summed E-state index contributed by atoms with van der Waals surface area (Å²) in [5.74, 6) is 0. The largest absolute Gasteiger partial charge is 0.374 e. The molecule has 23 heavy (non-hydrogen) atoms. The van der Waals surface area contributed by atoms with E-state index in [1.807, 2.05) is 17.9 Å². The fraction of sp³-hybridized carbons (Fsp3) is 0.526. The molecule has 0 amide bonds. The zero-order valence-corrected chi connectivity index (χ0v) is 14.2. The van der Waals surface area contributed by atoms with Crippen LogP contribution >= 0.6 is 0 Å². The first-order chi connectivity index (χ1) is 11.2. The first-order valence-corrected chi connectivity index (χ1v) is 8.62. The summed E-state index contributed by atoms with van der Waals surface area (Å²) < 4.78 is 7.85. The molecule has 4 nitrogen and oxygen atoms in total. The Balaban J connectivity index is 1.50. The average Bonchev–Trinajstić information content (AvgIpc) is 3.22. The lowest BCUT2D eigenvalue weighted by atomic mass is 10.1. The second kappa shape index (κ2) is 7.75. The van der Waals surface area contributed by atoms with Gasteiger partial charge in [0.1, 0.15) is 0 Å². The van der Waals surface area contributed by atoms with Gasteiger partial charge in [-0.2, -0.15) is 5.10 Å². The van der Waals surface area contributed by atoms with Gasteiger partial charge in [-0.05, 0) is 30.9 Å². The van der Waals surface area contributed by atoms with Crippen LogP contribution in [0.1, 0.15) is 55.3 Å². The van der Waals surface area contributed by atoms with E-state index in [0.717, 1.165) is 13.2 Å². The number of hydrogen-bond acceptors (Lipinski definition) is 3. The Kier molecular flexibility index (Phi) is 5.47. The fourth-order valence-corrected chi connectivity index (χ4v) is 3.15. The third-order valence-electron chi connectivity index (χ3n) is 4.62. The van der Waals surface area contributed by atoms with Crippen LogP contribution in [-0.4, -0.2) is 15.9 Å². The number of aromatic nitrogens is 2. The molecule has 1 heterocycles. The zero-order chi connectivity index (χ0) is 16.1. The number of hydrogen-bond donors (Lipinski definition) is 1. The summed E-state index contributed by atoms with van der Waals surface area (Å²) in [6.07, 6.45) is 9.55. The highest BCUT2D eigenvalue weighted by Gasteiger charge is 2.15. The van der Waals surface area contributed by atoms with Gasteiger partial charge in [0.05, 0.1) is 18.9 Å². The number of nitrogens with zero attached hydrogens (tertiary/aromatic N) is 2. The van der Waals surface area contributed by atoms with Crippen LogP contribution in [0.3, 0.4) is 0 Å². The molecule has 1 aliphatic rings. The Hall–Kier alpha value is -1.65. The topological polar surface area (TPSA) is 39.1 Å². The minimum absolute atomic E-state index is 0.294. The Morgan fingerprint density at radius 2 is 2.09 bits per heavy atom. The Bertz CT molecular complexity index is 617. The van der Waals surface area contributed by atoms with Crippen molar-refractivity contribution in [1.82, 2.24) is 15.1 Å². The normalized spacial score (nSPS) is 16.8. The molecule has 0 aliphatic heterocycles. The van der Waals surface area contributed by atoms with Crippen LogP contribution < -0.4 is 5.32 Å². The lowest BCUT2D eigenvalue weighted by Gasteiger charge is -2.14. The monoisotopic (exact) mass is 313 g/mol. The maximum absolute atomic E-state index is 6.01. The third-order valence-corrected chi connectivity index (χ3v) is 4.62. The van der Waals surface area contributed by atoms with Gasteiger partial charge >= 0.3 is 0 Å². The fourth-order valence-electron chi connectivity index (χ4n) is 3.15. The Morgan fingerprint density at radius 3 is 2.83 bits per heavy atom. The minimum atomic E-state index is 0.294. The summed E-state index contributed by atoms with van der Waals surface area (Å²) in [7, 11) is 1.95. The van der Waals surface area contributed by atoms with Gasteiger partial charge < -0.3 is 10.1 Å². The second-order valence-electron chi connectivity index (χ2n) is 6.59. The Morgan fingerprint density at radius 1 is 1.30 bits per heavy atom. The van der Waals surface area contributed by atoms with Gasteiger partial charge in [-0.25, -0.2) is 0 Å². The molecule has 0 saturated heterocycles. The van der Waals surface area contributed by atoms with Crippen molar-refractivity contribution in [2.75, 3.05) is 0 Å². The number of ether oxygens (including phenoxy) is 1. The number of aryl methyl sites for hydroxylation is 1. The molecule has 1 aromatic heterocycles. The molecular formula is C19H27N3O. The zero-order valence-electron chi connectivity index (χ0n) is 14.2. The van der Waals surface area contributed by atoms with Gasteiger partial charge in [-0.15, -0.1) is 0 Å². The second-order valence-corrected chi connectivity index (χ2v) is 6.59. The van der Waals surface area contributed by atoms with Crippen LogP contribution in [0, 0.1) is 0 Å². The van der Waals surface area contributed by atoms with Crippen molar-refractivity contribution in [3.63, 3.8) is 0 Å². The van der Waals surface area contributed by atoms with Gasteiger partial charge in [0.25, 0.3) is 0 Å². The van der Waals surface area contributed by atoms with E-state index in [0.29, 0.717) is 12.1 Å². The van der Waals surface area contributed by atoms with Crippen molar-refractivity contribution >= 4 is 0 Å². The molecule has 0 radical (unpaired) electrons. The van der Waals surface area contributed by atoms with Crippen LogP contribution in [0.2, 0.25) is 0 Å². The maximum atomic E-state index is 6.01. The van der Waals surface area contributed by atoms with Gasteiger partial charge in [-0.1, -0.05) is 37.1 Å². The summed E-state index contributed by atoms with van der Waals surface area (Å²) in [5, 5.41) is 7.79. The summed E-state index contributed by atoms with van der Waals surface area (Å²) in [5.41, 5.74) is 3.78. The van der Waals surface area contributed by atoms with E-state index in [-0.39, 0.29) is 0 Å². The predicted octanol–water partition coefficient (Wildman–Crippen LogP) is 3.73. The van der Waals surface area contributed by atoms with E-state index in [2.05, 4.69) is 47.8 Å². The Labute approximate surface area is 138 Å². The summed E-state index contributed by atoms with van der Waals surface area (Å²) in [6, 6.07) is 8.99. The molecule has 3 rings (SSSR count). The molecule has 1 atom stereocenters. The van der Waals surface area contributed by atoms with E-state index in [4.69, 9.17) is 4.74 Å². The van der Waals surface area contributed by atoms with Crippen molar-refractivity contribution in [2.24, 2.45) is 7.05 Å². The summed E-state index contributed by atoms with van der Waals surface area (Å²) in [4.78, 5) is 0. The molecule has 124 valence electrons. The molecule has 2 aromatic rings. The smallest absolute Gasteiger partial charge is 0.0720 e. The summed E-state index contributed by atoms with van der Waals surface area (Å²) in [6.45, 7) is 3.76. The van der Waals surface area contributed by atoms with E-state index in [9.17, 15) is 0 Å². The van der Waals surface area contributed by atoms with Crippen LogP contribution in [-0.2, 0) is 24.9 Å². The number of rotatable bonds is 7. The molecule has 1 fully saturated rings. The van der Waals surface area contributed by atoms with Crippen molar-refractivity contribution in [3.8, 4) is 0 Å². The molecule has 0 spiro atoms. The van der Waals surface area contributed by atoms with Crippen molar-refractivity contribution in [1.29, 1.82) is 0 Å². The molecule has 1 saturated carbocycles. The predicted molar refractivity (Wildman–Crippen MR) is 91.9 cm³/mol. The number of benzene rings is 1. The summed E-state index contributed by atoms with van der Waals surface area (Å²) >= 11 is 0. The van der Waals surface area contributed by atoms with Gasteiger partial charge in [-0.3, -0.25) is 4.68 Å². The van der Waals surface area contributed by atoms with Gasteiger partial charge in [0.15, 0.2) is 0 Å². The van der Waals surface area contributed by atoms with Crippen molar-refractivity contribution < 1.29 is 4.74 Å². The lowest BCUT2D eigenvalue weighted by Crippen LogP contribution is -2.17. The van der Waals surface area contributed by atoms with E-state index in [1.54, 1.807) is 0 Å². The molecule has 1 aromatic carbocycles. The van der Waals surface area contributed by atoms with Crippen LogP contribution in [0.5, 0.6) is 0 Å². The standard InChI is InChI=1S/C19H27N3O/c1-15(18-12-21-22(2)13-18)20-11-16-6-5-7-17(10-16)14-23-19-8-3-4-9-19/h5-7,10,12-13,15,19-20H,3-4,8-9,11,14H2,1-2H3/t15-/m0/s1.